The SMILES string of the molecule is O=C(O)C(=O)NOC(c1ccc(-c2ccc3c(c2)OCCO3)cc1)C1CCCCC1. The topological polar surface area (TPSA) is 94.1 Å². The van der Waals surface area contributed by atoms with E-state index in [1.165, 1.54) is 6.42 Å². The number of hydroxylamine groups is 1. The molecule has 7 heteroatoms. The van der Waals surface area contributed by atoms with E-state index in [1.807, 2.05) is 42.5 Å². The Morgan fingerprint density at radius 2 is 1.60 bits per heavy atom. The molecule has 7 nitrogen and oxygen atoms in total. The number of hydrogen-bond acceptors (Lipinski definition) is 5. The van der Waals surface area contributed by atoms with Crippen LogP contribution in [-0.2, 0) is 14.4 Å². The highest BCUT2D eigenvalue weighted by molar-refractivity contribution is 6.31. The van der Waals surface area contributed by atoms with Gasteiger partial charge in [0.1, 0.15) is 19.3 Å². The van der Waals surface area contributed by atoms with E-state index in [4.69, 9.17) is 19.4 Å². The van der Waals surface area contributed by atoms with Crippen LogP contribution in [0.4, 0.5) is 0 Å². The highest BCUT2D eigenvalue weighted by atomic mass is 16.7. The van der Waals surface area contributed by atoms with Crippen molar-refractivity contribution in [1.29, 1.82) is 0 Å². The maximum atomic E-state index is 11.5. The second kappa shape index (κ2) is 9.17. The van der Waals surface area contributed by atoms with Crippen molar-refractivity contribution in [3.63, 3.8) is 0 Å². The quantitative estimate of drug-likeness (QED) is 0.573. The number of fused-ring (bicyclic) bond motifs is 1. The third-order valence-electron chi connectivity index (χ3n) is 5.67. The second-order valence-electron chi connectivity index (χ2n) is 7.65. The van der Waals surface area contributed by atoms with E-state index < -0.39 is 11.9 Å². The fraction of sp³-hybridized carbons (Fsp3) is 0.391. The molecule has 1 aliphatic carbocycles. The summed E-state index contributed by atoms with van der Waals surface area (Å²) in [6.07, 6.45) is 4.98. The molecule has 4 rings (SSSR count). The molecule has 0 saturated heterocycles. The molecule has 1 aliphatic heterocycles. The van der Waals surface area contributed by atoms with Crippen LogP contribution in [0.25, 0.3) is 11.1 Å². The zero-order chi connectivity index (χ0) is 20.9. The standard InChI is InChI=1S/C23H25NO6/c25-22(23(26)27)24-30-21(16-4-2-1-3-5-16)17-8-6-15(7-9-17)18-10-11-19-20(14-18)29-13-12-28-19/h6-11,14,16,21H,1-5,12-13H2,(H,24,25)(H,26,27). The molecule has 2 N–H and O–H groups in total. The van der Waals surface area contributed by atoms with Crippen molar-refractivity contribution in [1.82, 2.24) is 5.48 Å². The zero-order valence-corrected chi connectivity index (χ0v) is 16.6. The number of carboxylic acid groups (broad SMARTS) is 1. The Bertz CT molecular complexity index is 904. The predicted octanol–water partition coefficient (Wildman–Crippen LogP) is 3.88. The number of benzene rings is 2. The zero-order valence-electron chi connectivity index (χ0n) is 16.6. The lowest BCUT2D eigenvalue weighted by Gasteiger charge is -2.30. The first-order chi connectivity index (χ1) is 14.6. The Morgan fingerprint density at radius 3 is 2.30 bits per heavy atom. The summed E-state index contributed by atoms with van der Waals surface area (Å²) in [4.78, 5) is 27.9. The van der Waals surface area contributed by atoms with Gasteiger partial charge in [0.25, 0.3) is 0 Å². The Labute approximate surface area is 174 Å². The van der Waals surface area contributed by atoms with E-state index in [1.54, 1.807) is 0 Å². The first kappa shape index (κ1) is 20.2. The first-order valence-electron chi connectivity index (χ1n) is 10.3. The molecular weight excluding hydrogens is 386 g/mol. The van der Waals surface area contributed by atoms with Gasteiger partial charge >= 0.3 is 11.9 Å². The van der Waals surface area contributed by atoms with Crippen molar-refractivity contribution in [2.45, 2.75) is 38.2 Å². The van der Waals surface area contributed by atoms with Crippen molar-refractivity contribution in [2.24, 2.45) is 5.92 Å². The van der Waals surface area contributed by atoms with Gasteiger partial charge in [-0.25, -0.2) is 10.3 Å². The Kier molecular flexibility index (Phi) is 6.18. The molecular formula is C23H25NO6. The summed E-state index contributed by atoms with van der Waals surface area (Å²) in [5, 5.41) is 8.81. The van der Waals surface area contributed by atoms with Gasteiger partial charge in [-0.05, 0) is 47.6 Å². The van der Waals surface area contributed by atoms with Crippen LogP contribution >= 0.6 is 0 Å². The smallest absolute Gasteiger partial charge is 0.396 e. The summed E-state index contributed by atoms with van der Waals surface area (Å²) >= 11 is 0. The summed E-state index contributed by atoms with van der Waals surface area (Å²) in [5.74, 6) is -1.01. The number of carbonyl (C=O) groups is 2. The number of carboxylic acids is 1. The number of ether oxygens (including phenoxy) is 2. The van der Waals surface area contributed by atoms with Crippen LogP contribution in [0.1, 0.15) is 43.8 Å². The van der Waals surface area contributed by atoms with Crippen LogP contribution in [0.3, 0.4) is 0 Å². The summed E-state index contributed by atoms with van der Waals surface area (Å²) in [6.45, 7) is 1.10. The number of aliphatic carboxylic acids is 1. The Morgan fingerprint density at radius 1 is 0.933 bits per heavy atom. The molecule has 0 spiro atoms. The van der Waals surface area contributed by atoms with Gasteiger partial charge in [0, 0.05) is 0 Å². The molecule has 0 bridgehead atoms. The van der Waals surface area contributed by atoms with Crippen molar-refractivity contribution >= 4 is 11.9 Å². The van der Waals surface area contributed by atoms with E-state index >= 15 is 0 Å². The van der Waals surface area contributed by atoms with Crippen LogP contribution in [0.15, 0.2) is 42.5 Å². The number of amides is 1. The minimum atomic E-state index is -1.56. The number of hydrogen-bond donors (Lipinski definition) is 2. The normalized spacial score (nSPS) is 17.2. The van der Waals surface area contributed by atoms with Gasteiger partial charge in [0.05, 0.1) is 0 Å². The largest absolute Gasteiger partial charge is 0.486 e. The third-order valence-corrected chi connectivity index (χ3v) is 5.67. The summed E-state index contributed by atoms with van der Waals surface area (Å²) in [7, 11) is 0. The maximum absolute atomic E-state index is 11.5. The van der Waals surface area contributed by atoms with E-state index in [9.17, 15) is 9.59 Å². The fourth-order valence-electron chi connectivity index (χ4n) is 4.12. The number of carbonyl (C=O) groups excluding carboxylic acids is 1. The van der Waals surface area contributed by atoms with Crippen LogP contribution in [0, 0.1) is 5.92 Å². The van der Waals surface area contributed by atoms with Gasteiger partial charge in [-0.2, -0.15) is 0 Å². The fourth-order valence-corrected chi connectivity index (χ4v) is 4.12. The Balaban J connectivity index is 1.54. The molecule has 1 saturated carbocycles. The molecule has 30 heavy (non-hydrogen) atoms. The van der Waals surface area contributed by atoms with Gasteiger partial charge < -0.3 is 14.6 Å². The lowest BCUT2D eigenvalue weighted by atomic mass is 9.82. The molecule has 2 aliphatic rings. The second-order valence-corrected chi connectivity index (χ2v) is 7.65. The van der Waals surface area contributed by atoms with Gasteiger partial charge in [0.15, 0.2) is 11.5 Å². The number of rotatable bonds is 5. The van der Waals surface area contributed by atoms with Crippen molar-refractivity contribution < 1.29 is 29.0 Å². The lowest BCUT2D eigenvalue weighted by molar-refractivity contribution is -0.161. The first-order valence-corrected chi connectivity index (χ1v) is 10.3. The molecule has 1 fully saturated rings. The summed E-state index contributed by atoms with van der Waals surface area (Å²) in [5.41, 5.74) is 5.04. The molecule has 1 heterocycles. The van der Waals surface area contributed by atoms with E-state index in [0.29, 0.717) is 13.2 Å². The Hall–Kier alpha value is -3.06. The van der Waals surface area contributed by atoms with Crippen molar-refractivity contribution in [3.8, 4) is 22.6 Å². The minimum Gasteiger partial charge on any atom is -0.486 e. The molecule has 1 unspecified atom stereocenters. The van der Waals surface area contributed by atoms with Gasteiger partial charge in [-0.3, -0.25) is 9.63 Å². The molecule has 158 valence electrons. The molecule has 0 radical (unpaired) electrons. The van der Waals surface area contributed by atoms with Crippen LogP contribution in [0.2, 0.25) is 0 Å². The monoisotopic (exact) mass is 411 g/mol. The molecule has 0 aromatic heterocycles. The average molecular weight is 411 g/mol. The molecule has 2 aromatic carbocycles. The van der Waals surface area contributed by atoms with Crippen molar-refractivity contribution in [2.75, 3.05) is 13.2 Å². The van der Waals surface area contributed by atoms with Crippen molar-refractivity contribution in [3.05, 3.63) is 48.0 Å². The molecule has 1 amide bonds. The summed E-state index contributed by atoms with van der Waals surface area (Å²) in [6, 6.07) is 13.8. The average Bonchev–Trinajstić information content (AvgIpc) is 2.80. The van der Waals surface area contributed by atoms with Crippen LogP contribution < -0.4 is 15.0 Å². The predicted molar refractivity (Wildman–Crippen MR) is 109 cm³/mol. The van der Waals surface area contributed by atoms with E-state index in [0.717, 1.165) is 53.9 Å². The summed E-state index contributed by atoms with van der Waals surface area (Å²) < 4.78 is 11.2. The lowest BCUT2D eigenvalue weighted by Crippen LogP contribution is -2.34. The number of nitrogens with one attached hydrogen (secondary N) is 1. The highest BCUT2D eigenvalue weighted by Gasteiger charge is 2.28. The van der Waals surface area contributed by atoms with Gasteiger partial charge in [0.2, 0.25) is 0 Å². The molecule has 2 aromatic rings. The van der Waals surface area contributed by atoms with Crippen LogP contribution in [-0.4, -0.2) is 30.2 Å². The minimum absolute atomic E-state index is 0.230. The molecule has 1 atom stereocenters. The van der Waals surface area contributed by atoms with Gasteiger partial charge in [-0.15, -0.1) is 0 Å². The van der Waals surface area contributed by atoms with Crippen LogP contribution in [0.5, 0.6) is 11.5 Å². The third kappa shape index (κ3) is 4.57. The van der Waals surface area contributed by atoms with Gasteiger partial charge in [-0.1, -0.05) is 49.6 Å². The van der Waals surface area contributed by atoms with E-state index in [-0.39, 0.29) is 12.0 Å². The highest BCUT2D eigenvalue weighted by Crippen LogP contribution is 2.38. The maximum Gasteiger partial charge on any atom is 0.396 e. The van der Waals surface area contributed by atoms with E-state index in [2.05, 4.69) is 5.48 Å².